The molecule has 0 spiro atoms. The molecule has 1 aliphatic carbocycles. The molecule has 0 aromatic carbocycles. The Kier molecular flexibility index (Phi) is 5.70. The predicted molar refractivity (Wildman–Crippen MR) is 72.5 cm³/mol. The average molecular weight is 233 g/mol. The Hall–Kier alpha value is -1.35. The van der Waals surface area contributed by atoms with Crippen LogP contribution >= 0.6 is 0 Å². The van der Waals surface area contributed by atoms with Crippen LogP contribution in [-0.2, 0) is 13.1 Å². The van der Waals surface area contributed by atoms with Gasteiger partial charge in [0.1, 0.15) is 0 Å². The van der Waals surface area contributed by atoms with E-state index in [1.165, 1.54) is 11.1 Å². The minimum atomic E-state index is 0.558. The van der Waals surface area contributed by atoms with Crippen molar-refractivity contribution >= 4 is 0 Å². The zero-order chi connectivity index (χ0) is 12.7. The SMILES string of the molecule is CC.CC1=CCCC(Cn2cncc2CN)=C1. The highest BCUT2D eigenvalue weighted by Crippen LogP contribution is 2.18. The Morgan fingerprint density at radius 1 is 1.41 bits per heavy atom. The molecule has 3 heteroatoms. The smallest absolute Gasteiger partial charge is 0.0951 e. The fourth-order valence-corrected chi connectivity index (χ4v) is 1.94. The maximum atomic E-state index is 5.64. The Labute approximate surface area is 104 Å². The third-order valence-corrected chi connectivity index (χ3v) is 2.74. The molecule has 0 aliphatic heterocycles. The maximum absolute atomic E-state index is 5.64. The van der Waals surface area contributed by atoms with Crippen molar-refractivity contribution in [3.05, 3.63) is 41.5 Å². The first kappa shape index (κ1) is 13.7. The zero-order valence-corrected chi connectivity index (χ0v) is 11.1. The summed E-state index contributed by atoms with van der Waals surface area (Å²) < 4.78 is 2.13. The van der Waals surface area contributed by atoms with Crippen molar-refractivity contribution in [1.29, 1.82) is 0 Å². The van der Waals surface area contributed by atoms with Crippen LogP contribution in [0.25, 0.3) is 0 Å². The van der Waals surface area contributed by atoms with Crippen LogP contribution in [0.5, 0.6) is 0 Å². The van der Waals surface area contributed by atoms with E-state index in [4.69, 9.17) is 5.73 Å². The molecule has 0 fully saturated rings. The van der Waals surface area contributed by atoms with Crippen LogP contribution in [-0.4, -0.2) is 9.55 Å². The molecule has 17 heavy (non-hydrogen) atoms. The van der Waals surface area contributed by atoms with Crippen molar-refractivity contribution in [3.8, 4) is 0 Å². The van der Waals surface area contributed by atoms with Gasteiger partial charge in [0.05, 0.1) is 12.0 Å². The fraction of sp³-hybridized carbons (Fsp3) is 0.500. The van der Waals surface area contributed by atoms with E-state index >= 15 is 0 Å². The van der Waals surface area contributed by atoms with Crippen molar-refractivity contribution in [2.24, 2.45) is 5.73 Å². The first-order valence-corrected chi connectivity index (χ1v) is 6.35. The fourth-order valence-electron chi connectivity index (χ4n) is 1.94. The van der Waals surface area contributed by atoms with E-state index in [-0.39, 0.29) is 0 Å². The number of nitrogens with zero attached hydrogens (tertiary/aromatic N) is 2. The molecule has 2 N–H and O–H groups in total. The third-order valence-electron chi connectivity index (χ3n) is 2.74. The minimum absolute atomic E-state index is 0.558. The number of imidazole rings is 1. The highest BCUT2D eigenvalue weighted by atomic mass is 15.0. The first-order chi connectivity index (χ1) is 8.29. The van der Waals surface area contributed by atoms with Gasteiger partial charge >= 0.3 is 0 Å². The molecular formula is C14H23N3. The molecule has 1 heterocycles. The Balaban J connectivity index is 0.000000686. The summed E-state index contributed by atoms with van der Waals surface area (Å²) in [6.07, 6.45) is 10.6. The van der Waals surface area contributed by atoms with Crippen molar-refractivity contribution in [3.63, 3.8) is 0 Å². The van der Waals surface area contributed by atoms with Gasteiger partial charge in [-0.25, -0.2) is 4.98 Å². The van der Waals surface area contributed by atoms with Crippen LogP contribution in [0, 0.1) is 0 Å². The van der Waals surface area contributed by atoms with Gasteiger partial charge in [-0.15, -0.1) is 0 Å². The first-order valence-electron chi connectivity index (χ1n) is 6.35. The molecule has 0 atom stereocenters. The lowest BCUT2D eigenvalue weighted by Crippen LogP contribution is -2.09. The van der Waals surface area contributed by atoms with Crippen LogP contribution < -0.4 is 5.73 Å². The van der Waals surface area contributed by atoms with Crippen molar-refractivity contribution in [2.75, 3.05) is 0 Å². The molecule has 1 aromatic rings. The minimum Gasteiger partial charge on any atom is -0.329 e. The van der Waals surface area contributed by atoms with Crippen molar-refractivity contribution in [1.82, 2.24) is 9.55 Å². The van der Waals surface area contributed by atoms with Crippen molar-refractivity contribution < 1.29 is 0 Å². The molecule has 0 unspecified atom stereocenters. The standard InChI is InChI=1S/C12H17N3.C2H6/c1-10-3-2-4-11(5-10)8-15-9-14-7-12(15)6-13;1-2/h3,5,7,9H,2,4,6,8,13H2,1H3;1-2H3. The van der Waals surface area contributed by atoms with Gasteiger partial charge in [0.25, 0.3) is 0 Å². The molecule has 94 valence electrons. The molecule has 0 saturated carbocycles. The maximum Gasteiger partial charge on any atom is 0.0951 e. The number of aromatic nitrogens is 2. The van der Waals surface area contributed by atoms with Gasteiger partial charge in [-0.05, 0) is 25.3 Å². The van der Waals surface area contributed by atoms with Crippen LogP contribution in [0.1, 0.15) is 39.3 Å². The van der Waals surface area contributed by atoms with Gasteiger partial charge in [-0.3, -0.25) is 0 Å². The summed E-state index contributed by atoms with van der Waals surface area (Å²) >= 11 is 0. The summed E-state index contributed by atoms with van der Waals surface area (Å²) in [4.78, 5) is 4.12. The number of hydrogen-bond donors (Lipinski definition) is 1. The quantitative estimate of drug-likeness (QED) is 0.872. The highest BCUT2D eigenvalue weighted by molar-refractivity contribution is 5.26. The van der Waals surface area contributed by atoms with E-state index in [1.54, 1.807) is 0 Å². The molecule has 2 rings (SSSR count). The molecule has 0 radical (unpaired) electrons. The lowest BCUT2D eigenvalue weighted by Gasteiger charge is -2.13. The van der Waals surface area contributed by atoms with Crippen molar-refractivity contribution in [2.45, 2.75) is 46.7 Å². The number of hydrogen-bond acceptors (Lipinski definition) is 2. The lowest BCUT2D eigenvalue weighted by atomic mass is 10.0. The van der Waals surface area contributed by atoms with E-state index in [9.17, 15) is 0 Å². The molecule has 1 aromatic heterocycles. The van der Waals surface area contributed by atoms with E-state index in [0.717, 1.165) is 25.1 Å². The van der Waals surface area contributed by atoms with Gasteiger partial charge in [0.15, 0.2) is 0 Å². The summed E-state index contributed by atoms with van der Waals surface area (Å²) in [7, 11) is 0. The zero-order valence-electron chi connectivity index (χ0n) is 11.1. The predicted octanol–water partition coefficient (Wildman–Crippen LogP) is 3.03. The van der Waals surface area contributed by atoms with Gasteiger partial charge in [-0.2, -0.15) is 0 Å². The second kappa shape index (κ2) is 7.07. The van der Waals surface area contributed by atoms with Crippen LogP contribution in [0.2, 0.25) is 0 Å². The molecular weight excluding hydrogens is 210 g/mol. The highest BCUT2D eigenvalue weighted by Gasteiger charge is 2.06. The van der Waals surface area contributed by atoms with Crippen LogP contribution in [0.4, 0.5) is 0 Å². The van der Waals surface area contributed by atoms with Crippen LogP contribution in [0.3, 0.4) is 0 Å². The topological polar surface area (TPSA) is 43.8 Å². The summed E-state index contributed by atoms with van der Waals surface area (Å²) in [6, 6.07) is 0. The van der Waals surface area contributed by atoms with E-state index in [1.807, 2.05) is 26.4 Å². The number of rotatable bonds is 3. The molecule has 3 nitrogen and oxygen atoms in total. The van der Waals surface area contributed by atoms with Crippen LogP contribution in [0.15, 0.2) is 35.8 Å². The van der Waals surface area contributed by atoms with Gasteiger partial charge in [0, 0.05) is 19.3 Å². The largest absolute Gasteiger partial charge is 0.329 e. The third kappa shape index (κ3) is 3.86. The molecule has 1 aliphatic rings. The van der Waals surface area contributed by atoms with E-state index in [2.05, 4.69) is 28.6 Å². The average Bonchev–Trinajstić information content (AvgIpc) is 2.79. The second-order valence-electron chi connectivity index (χ2n) is 4.01. The second-order valence-corrected chi connectivity index (χ2v) is 4.01. The molecule has 0 saturated heterocycles. The van der Waals surface area contributed by atoms with Gasteiger partial charge < -0.3 is 10.3 Å². The number of nitrogens with two attached hydrogens (primary N) is 1. The molecule has 0 amide bonds. The summed E-state index contributed by atoms with van der Waals surface area (Å²) in [6.45, 7) is 7.64. The summed E-state index contributed by atoms with van der Waals surface area (Å²) in [5.41, 5.74) is 9.56. The van der Waals surface area contributed by atoms with E-state index in [0.29, 0.717) is 6.54 Å². The van der Waals surface area contributed by atoms with Gasteiger partial charge in [-0.1, -0.05) is 31.6 Å². The summed E-state index contributed by atoms with van der Waals surface area (Å²) in [5.74, 6) is 0. The Bertz CT molecular complexity index is 399. The molecule has 0 bridgehead atoms. The monoisotopic (exact) mass is 233 g/mol. The van der Waals surface area contributed by atoms with E-state index < -0.39 is 0 Å². The Morgan fingerprint density at radius 2 is 2.18 bits per heavy atom. The van der Waals surface area contributed by atoms with Gasteiger partial charge in [0.2, 0.25) is 0 Å². The normalized spacial score (nSPS) is 14.6. The summed E-state index contributed by atoms with van der Waals surface area (Å²) in [5, 5.41) is 0. The number of allylic oxidation sites excluding steroid dienone is 4. The lowest BCUT2D eigenvalue weighted by molar-refractivity contribution is 0.697. The Morgan fingerprint density at radius 3 is 2.82 bits per heavy atom.